The lowest BCUT2D eigenvalue weighted by Crippen LogP contribution is -2.46. The average molecular weight is 460 g/mol. The second-order valence-corrected chi connectivity index (χ2v) is 7.21. The second-order valence-electron chi connectivity index (χ2n) is 7.21. The highest BCUT2D eigenvalue weighted by molar-refractivity contribution is 5.84. The number of ether oxygens (including phenoxy) is 3. The van der Waals surface area contributed by atoms with Gasteiger partial charge in [0.25, 0.3) is 0 Å². The second kappa shape index (κ2) is 18.0. The lowest BCUT2D eigenvalue weighted by molar-refractivity contribution is -0.168. The van der Waals surface area contributed by atoms with Gasteiger partial charge in [-0.2, -0.15) is 0 Å². The van der Waals surface area contributed by atoms with E-state index in [0.29, 0.717) is 6.42 Å². The number of carbonyl (C=O) groups is 3. The van der Waals surface area contributed by atoms with Crippen molar-refractivity contribution in [1.29, 1.82) is 0 Å². The summed E-state index contributed by atoms with van der Waals surface area (Å²) in [7, 11) is 0. The molecule has 1 aromatic rings. The molecule has 1 amide bonds. The van der Waals surface area contributed by atoms with E-state index in [9.17, 15) is 14.4 Å². The molecule has 0 saturated heterocycles. The number of amides is 1. The van der Waals surface area contributed by atoms with Crippen LogP contribution >= 0.6 is 0 Å². The SMILES string of the molecule is C.C.C.C.CC(OC(=O)C(Cc1ccccc1)NC(=O)OC(C)(C)C)C(=O)OCCCO. The Hall–Kier alpha value is -2.61. The minimum absolute atomic E-state index is 0. The zero-order valence-electron chi connectivity index (χ0n) is 16.8. The van der Waals surface area contributed by atoms with Crippen molar-refractivity contribution in [1.82, 2.24) is 5.32 Å². The lowest BCUT2D eigenvalue weighted by atomic mass is 10.1. The number of hydrogen-bond acceptors (Lipinski definition) is 7. The van der Waals surface area contributed by atoms with Crippen LogP contribution in [0.3, 0.4) is 0 Å². The van der Waals surface area contributed by atoms with Crippen molar-refractivity contribution in [3.05, 3.63) is 35.9 Å². The molecule has 0 aliphatic rings. The smallest absolute Gasteiger partial charge is 0.408 e. The highest BCUT2D eigenvalue weighted by Gasteiger charge is 2.29. The Kier molecular flexibility index (Phi) is 20.7. The third-order valence-electron chi connectivity index (χ3n) is 3.43. The number of benzene rings is 1. The van der Waals surface area contributed by atoms with E-state index in [1.54, 1.807) is 20.8 Å². The summed E-state index contributed by atoms with van der Waals surface area (Å²) in [5.74, 6) is -1.50. The summed E-state index contributed by atoms with van der Waals surface area (Å²) in [4.78, 5) is 36.5. The van der Waals surface area contributed by atoms with Crippen LogP contribution in [0.1, 0.15) is 69.4 Å². The quantitative estimate of drug-likeness (QED) is 0.317. The molecule has 1 aromatic carbocycles. The van der Waals surface area contributed by atoms with E-state index < -0.39 is 35.8 Å². The Morgan fingerprint density at radius 2 is 1.56 bits per heavy atom. The molecular formula is C24H45NO7. The van der Waals surface area contributed by atoms with E-state index in [1.165, 1.54) is 6.92 Å². The first kappa shape index (κ1) is 36.7. The van der Waals surface area contributed by atoms with Crippen LogP contribution in [0.4, 0.5) is 4.79 Å². The Morgan fingerprint density at radius 1 is 1.00 bits per heavy atom. The maximum absolute atomic E-state index is 12.6. The minimum Gasteiger partial charge on any atom is -0.463 e. The van der Waals surface area contributed by atoms with Gasteiger partial charge in [-0.1, -0.05) is 60.0 Å². The van der Waals surface area contributed by atoms with Crippen molar-refractivity contribution < 1.29 is 33.7 Å². The van der Waals surface area contributed by atoms with Crippen LogP contribution in [-0.2, 0) is 30.2 Å². The van der Waals surface area contributed by atoms with Gasteiger partial charge in [0.2, 0.25) is 0 Å². The van der Waals surface area contributed by atoms with Gasteiger partial charge in [0, 0.05) is 19.4 Å². The number of alkyl carbamates (subject to hydrolysis) is 1. The summed E-state index contributed by atoms with van der Waals surface area (Å²) in [5, 5.41) is 11.2. The van der Waals surface area contributed by atoms with Crippen molar-refractivity contribution in [3.63, 3.8) is 0 Å². The van der Waals surface area contributed by atoms with Crippen LogP contribution in [0.25, 0.3) is 0 Å². The number of aliphatic hydroxyl groups is 1. The molecule has 8 nitrogen and oxygen atoms in total. The molecule has 1 rings (SSSR count). The standard InChI is InChI=1S/C20H29NO7.4CH4/c1-14(17(23)26-12-8-11-22)27-18(24)16(13-15-9-6-5-7-10-15)21-19(25)28-20(2,3)4;;;;/h5-7,9-10,14,16,22H,8,11-13H2,1-4H3,(H,21,25);4*1H4. The Balaban J connectivity index is -0.000000980. The summed E-state index contributed by atoms with van der Waals surface area (Å²) >= 11 is 0. The largest absolute Gasteiger partial charge is 0.463 e. The highest BCUT2D eigenvalue weighted by atomic mass is 16.6. The first-order valence-corrected chi connectivity index (χ1v) is 9.14. The van der Waals surface area contributed by atoms with Gasteiger partial charge in [-0.3, -0.25) is 0 Å². The Bertz CT molecular complexity index is 641. The summed E-state index contributed by atoms with van der Waals surface area (Å²) in [6.45, 7) is 6.43. The highest BCUT2D eigenvalue weighted by Crippen LogP contribution is 2.10. The van der Waals surface area contributed by atoms with Crippen LogP contribution in [-0.4, -0.2) is 54.1 Å². The number of carbonyl (C=O) groups excluding carboxylic acids is 3. The van der Waals surface area contributed by atoms with Gasteiger partial charge < -0.3 is 24.6 Å². The molecule has 2 unspecified atom stereocenters. The first-order valence-electron chi connectivity index (χ1n) is 9.14. The number of esters is 2. The van der Waals surface area contributed by atoms with Crippen LogP contribution in [0, 0.1) is 0 Å². The number of nitrogens with one attached hydrogen (secondary N) is 1. The van der Waals surface area contributed by atoms with Crippen LogP contribution < -0.4 is 5.32 Å². The third-order valence-corrected chi connectivity index (χ3v) is 3.43. The molecule has 8 heteroatoms. The van der Waals surface area contributed by atoms with E-state index in [-0.39, 0.29) is 49.3 Å². The van der Waals surface area contributed by atoms with Gasteiger partial charge in [0.05, 0.1) is 6.61 Å². The molecule has 0 aromatic heterocycles. The van der Waals surface area contributed by atoms with Gasteiger partial charge in [-0.15, -0.1) is 0 Å². The summed E-state index contributed by atoms with van der Waals surface area (Å²) < 4.78 is 15.3. The normalized spacial score (nSPS) is 11.5. The first-order chi connectivity index (χ1) is 13.1. The molecule has 0 saturated carbocycles. The van der Waals surface area contributed by atoms with Crippen LogP contribution in [0.15, 0.2) is 30.3 Å². The lowest BCUT2D eigenvalue weighted by Gasteiger charge is -2.23. The van der Waals surface area contributed by atoms with E-state index in [1.807, 2.05) is 30.3 Å². The predicted octanol–water partition coefficient (Wildman–Crippen LogP) is 4.52. The third kappa shape index (κ3) is 15.2. The van der Waals surface area contributed by atoms with Crippen molar-refractivity contribution >= 4 is 18.0 Å². The molecule has 0 radical (unpaired) electrons. The molecule has 32 heavy (non-hydrogen) atoms. The van der Waals surface area contributed by atoms with E-state index in [0.717, 1.165) is 5.56 Å². The van der Waals surface area contributed by atoms with Crippen molar-refractivity contribution in [2.24, 2.45) is 0 Å². The molecule has 188 valence electrons. The van der Waals surface area contributed by atoms with Crippen molar-refractivity contribution in [3.8, 4) is 0 Å². The molecular weight excluding hydrogens is 414 g/mol. The summed E-state index contributed by atoms with van der Waals surface area (Å²) in [6, 6.07) is 8.04. The Labute approximate surface area is 194 Å². The maximum atomic E-state index is 12.6. The van der Waals surface area contributed by atoms with E-state index in [4.69, 9.17) is 19.3 Å². The maximum Gasteiger partial charge on any atom is 0.408 e. The van der Waals surface area contributed by atoms with Gasteiger partial charge in [0.15, 0.2) is 6.10 Å². The fourth-order valence-electron chi connectivity index (χ4n) is 2.15. The summed E-state index contributed by atoms with van der Waals surface area (Å²) in [5.41, 5.74) is 0.0772. The molecule has 0 heterocycles. The Morgan fingerprint density at radius 3 is 2.06 bits per heavy atom. The fraction of sp³-hybridized carbons (Fsp3) is 0.625. The average Bonchev–Trinajstić information content (AvgIpc) is 2.60. The predicted molar refractivity (Wildman–Crippen MR) is 128 cm³/mol. The zero-order valence-corrected chi connectivity index (χ0v) is 16.8. The van der Waals surface area contributed by atoms with E-state index in [2.05, 4.69) is 5.32 Å². The molecule has 0 spiro atoms. The molecule has 2 N–H and O–H groups in total. The number of rotatable bonds is 9. The summed E-state index contributed by atoms with van der Waals surface area (Å²) in [6.07, 6.45) is -1.44. The van der Waals surface area contributed by atoms with Gasteiger partial charge in [0.1, 0.15) is 11.6 Å². The minimum atomic E-state index is -1.15. The van der Waals surface area contributed by atoms with Crippen LogP contribution in [0.2, 0.25) is 0 Å². The monoisotopic (exact) mass is 459 g/mol. The topological polar surface area (TPSA) is 111 Å². The molecule has 0 aliphatic heterocycles. The van der Waals surface area contributed by atoms with E-state index >= 15 is 0 Å². The van der Waals surface area contributed by atoms with Gasteiger partial charge >= 0.3 is 18.0 Å². The van der Waals surface area contributed by atoms with Crippen molar-refractivity contribution in [2.45, 2.75) is 88.0 Å². The molecule has 2 atom stereocenters. The fourth-order valence-corrected chi connectivity index (χ4v) is 2.15. The molecule has 0 bridgehead atoms. The zero-order chi connectivity index (χ0) is 21.2. The molecule has 0 aliphatic carbocycles. The van der Waals surface area contributed by atoms with Crippen LogP contribution in [0.5, 0.6) is 0 Å². The number of aliphatic hydroxyl groups excluding tert-OH is 1. The van der Waals surface area contributed by atoms with Gasteiger partial charge in [-0.25, -0.2) is 14.4 Å². The van der Waals surface area contributed by atoms with Crippen molar-refractivity contribution in [2.75, 3.05) is 13.2 Å². The number of hydrogen-bond donors (Lipinski definition) is 2. The molecule has 0 fully saturated rings. The van der Waals surface area contributed by atoms with Gasteiger partial charge in [-0.05, 0) is 33.3 Å².